The molecule has 0 aliphatic heterocycles. The van der Waals surface area contributed by atoms with Gasteiger partial charge in [-0.3, -0.25) is 4.98 Å². The molecule has 0 aromatic carbocycles. The Morgan fingerprint density at radius 1 is 1.08 bits per heavy atom. The van der Waals surface area contributed by atoms with Gasteiger partial charge in [-0.1, -0.05) is 6.07 Å². The molecule has 2 rings (SSSR count). The third-order valence-electron chi connectivity index (χ3n) is 1.27. The first-order valence-electron chi connectivity index (χ1n) is 3.71. The Kier molecular flexibility index (Phi) is 3.38. The molecule has 68 valence electrons. The van der Waals surface area contributed by atoms with Crippen molar-refractivity contribution in [2.24, 2.45) is 0 Å². The number of aromatic amines is 1. The van der Waals surface area contributed by atoms with Crippen LogP contribution < -0.4 is 0 Å². The summed E-state index contributed by atoms with van der Waals surface area (Å²) in [5.74, 6) is -0.292. The number of aromatic hydroxyl groups is 2. The van der Waals surface area contributed by atoms with Crippen LogP contribution in [0.1, 0.15) is 0 Å². The molecule has 2 heterocycles. The zero-order valence-electron chi connectivity index (χ0n) is 6.88. The van der Waals surface area contributed by atoms with Crippen molar-refractivity contribution in [3.63, 3.8) is 0 Å². The number of H-pyrrole nitrogens is 1. The monoisotopic (exact) mass is 178 g/mol. The van der Waals surface area contributed by atoms with Crippen molar-refractivity contribution in [1.29, 1.82) is 0 Å². The van der Waals surface area contributed by atoms with Crippen molar-refractivity contribution in [2.75, 3.05) is 0 Å². The summed E-state index contributed by atoms with van der Waals surface area (Å²) in [5, 5.41) is 16.9. The van der Waals surface area contributed by atoms with Crippen LogP contribution in [-0.4, -0.2) is 20.2 Å². The molecular formula is C9H10N2O2. The third-order valence-corrected chi connectivity index (χ3v) is 1.27. The van der Waals surface area contributed by atoms with E-state index >= 15 is 0 Å². The fourth-order valence-corrected chi connectivity index (χ4v) is 0.665. The molecule has 0 amide bonds. The van der Waals surface area contributed by atoms with Crippen LogP contribution in [0.2, 0.25) is 0 Å². The van der Waals surface area contributed by atoms with Crippen LogP contribution in [0, 0.1) is 0 Å². The maximum Gasteiger partial charge on any atom is 0.231 e. The standard InChI is InChI=1S/C5H5N.C4H5NO2/c1-2-4-6-5-3-1;6-3-1-2-5-4(3)7/h1-5H;1-2,5-7H. The van der Waals surface area contributed by atoms with Crippen LogP contribution in [0.5, 0.6) is 11.6 Å². The van der Waals surface area contributed by atoms with Crippen molar-refractivity contribution in [1.82, 2.24) is 9.97 Å². The summed E-state index contributed by atoms with van der Waals surface area (Å²) >= 11 is 0. The Balaban J connectivity index is 0.000000132. The van der Waals surface area contributed by atoms with Gasteiger partial charge in [-0.25, -0.2) is 0 Å². The molecule has 2 aromatic heterocycles. The van der Waals surface area contributed by atoms with E-state index in [1.807, 2.05) is 18.2 Å². The minimum atomic E-state index is -0.181. The average molecular weight is 178 g/mol. The van der Waals surface area contributed by atoms with E-state index in [1.165, 1.54) is 12.3 Å². The van der Waals surface area contributed by atoms with Crippen molar-refractivity contribution in [2.45, 2.75) is 0 Å². The number of aromatic nitrogens is 2. The van der Waals surface area contributed by atoms with Gasteiger partial charge < -0.3 is 15.2 Å². The highest BCUT2D eigenvalue weighted by Gasteiger charge is 1.92. The maximum absolute atomic E-state index is 8.48. The van der Waals surface area contributed by atoms with Gasteiger partial charge in [-0.05, 0) is 12.1 Å². The van der Waals surface area contributed by atoms with Crippen molar-refractivity contribution < 1.29 is 10.2 Å². The first-order valence-corrected chi connectivity index (χ1v) is 3.71. The van der Waals surface area contributed by atoms with Crippen LogP contribution in [-0.2, 0) is 0 Å². The highest BCUT2D eigenvalue weighted by Crippen LogP contribution is 2.19. The molecule has 0 radical (unpaired) electrons. The van der Waals surface area contributed by atoms with Crippen molar-refractivity contribution in [3.05, 3.63) is 42.9 Å². The summed E-state index contributed by atoms with van der Waals surface area (Å²) in [6.45, 7) is 0. The van der Waals surface area contributed by atoms with Gasteiger partial charge in [-0.2, -0.15) is 0 Å². The molecule has 4 heteroatoms. The van der Waals surface area contributed by atoms with E-state index in [0.717, 1.165) is 0 Å². The normalized spacial score (nSPS) is 8.62. The van der Waals surface area contributed by atoms with Gasteiger partial charge in [0.05, 0.1) is 0 Å². The molecule has 0 saturated heterocycles. The number of hydrogen-bond acceptors (Lipinski definition) is 3. The SMILES string of the molecule is Oc1cc[nH]c1O.c1ccncc1. The van der Waals surface area contributed by atoms with Crippen LogP contribution >= 0.6 is 0 Å². The lowest BCUT2D eigenvalue weighted by atomic mass is 10.5. The molecule has 0 saturated carbocycles. The second-order valence-corrected chi connectivity index (χ2v) is 2.24. The van der Waals surface area contributed by atoms with Crippen LogP contribution in [0.4, 0.5) is 0 Å². The van der Waals surface area contributed by atoms with E-state index in [1.54, 1.807) is 12.4 Å². The fraction of sp³-hybridized carbons (Fsp3) is 0. The molecule has 2 aromatic rings. The smallest absolute Gasteiger partial charge is 0.231 e. The summed E-state index contributed by atoms with van der Waals surface area (Å²) in [6, 6.07) is 7.09. The Bertz CT molecular complexity index is 289. The number of hydrogen-bond donors (Lipinski definition) is 3. The summed E-state index contributed by atoms with van der Waals surface area (Å²) in [4.78, 5) is 6.16. The van der Waals surface area contributed by atoms with Gasteiger partial charge in [0, 0.05) is 24.7 Å². The molecule has 0 fully saturated rings. The zero-order chi connectivity index (χ0) is 9.52. The van der Waals surface area contributed by atoms with E-state index in [2.05, 4.69) is 9.97 Å². The lowest BCUT2D eigenvalue weighted by Crippen LogP contribution is -1.58. The molecule has 13 heavy (non-hydrogen) atoms. The lowest BCUT2D eigenvalue weighted by Gasteiger charge is -1.80. The summed E-state index contributed by atoms with van der Waals surface area (Å²) < 4.78 is 0. The molecule has 0 atom stereocenters. The molecule has 0 bridgehead atoms. The minimum absolute atomic E-state index is 0.111. The molecule has 3 N–H and O–H groups in total. The van der Waals surface area contributed by atoms with E-state index in [9.17, 15) is 0 Å². The quantitative estimate of drug-likeness (QED) is 0.572. The van der Waals surface area contributed by atoms with E-state index < -0.39 is 0 Å². The van der Waals surface area contributed by atoms with Crippen LogP contribution in [0.25, 0.3) is 0 Å². The fourth-order valence-electron chi connectivity index (χ4n) is 0.665. The van der Waals surface area contributed by atoms with E-state index in [-0.39, 0.29) is 11.6 Å². The van der Waals surface area contributed by atoms with Crippen molar-refractivity contribution in [3.8, 4) is 11.6 Å². The maximum atomic E-state index is 8.48. The molecule has 4 nitrogen and oxygen atoms in total. The Hall–Kier alpha value is -1.97. The summed E-state index contributed by atoms with van der Waals surface area (Å²) in [5.41, 5.74) is 0. The highest BCUT2D eigenvalue weighted by atomic mass is 16.3. The first kappa shape index (κ1) is 9.12. The highest BCUT2D eigenvalue weighted by molar-refractivity contribution is 5.29. The number of pyridine rings is 1. The molecule has 0 unspecified atom stereocenters. The number of nitrogens with one attached hydrogen (secondary N) is 1. The van der Waals surface area contributed by atoms with Gasteiger partial charge in [0.15, 0.2) is 5.75 Å². The number of rotatable bonds is 0. The largest absolute Gasteiger partial charge is 0.503 e. The van der Waals surface area contributed by atoms with Crippen LogP contribution in [0.3, 0.4) is 0 Å². The Morgan fingerprint density at radius 3 is 1.92 bits per heavy atom. The Morgan fingerprint density at radius 2 is 1.77 bits per heavy atom. The lowest BCUT2D eigenvalue weighted by molar-refractivity contribution is 0.395. The van der Waals surface area contributed by atoms with Gasteiger partial charge in [0.25, 0.3) is 0 Å². The second kappa shape index (κ2) is 4.82. The van der Waals surface area contributed by atoms with E-state index in [4.69, 9.17) is 10.2 Å². The van der Waals surface area contributed by atoms with Gasteiger partial charge in [-0.15, -0.1) is 0 Å². The minimum Gasteiger partial charge on any atom is -0.503 e. The van der Waals surface area contributed by atoms with Crippen LogP contribution in [0.15, 0.2) is 42.9 Å². The molecule has 0 aliphatic carbocycles. The number of nitrogens with zero attached hydrogens (tertiary/aromatic N) is 1. The van der Waals surface area contributed by atoms with Gasteiger partial charge in [0.1, 0.15) is 0 Å². The summed E-state index contributed by atoms with van der Waals surface area (Å²) in [6.07, 6.45) is 4.95. The first-order chi connectivity index (χ1) is 6.30. The average Bonchev–Trinajstić information content (AvgIpc) is 2.55. The van der Waals surface area contributed by atoms with Gasteiger partial charge >= 0.3 is 0 Å². The Labute approximate surface area is 75.5 Å². The predicted octanol–water partition coefficient (Wildman–Crippen LogP) is 1.51. The third kappa shape index (κ3) is 3.29. The predicted molar refractivity (Wildman–Crippen MR) is 48.4 cm³/mol. The van der Waals surface area contributed by atoms with Crippen molar-refractivity contribution >= 4 is 0 Å². The second-order valence-electron chi connectivity index (χ2n) is 2.24. The molecule has 0 spiro atoms. The zero-order valence-corrected chi connectivity index (χ0v) is 6.88. The van der Waals surface area contributed by atoms with E-state index in [0.29, 0.717) is 0 Å². The topological polar surface area (TPSA) is 69.1 Å². The summed E-state index contributed by atoms with van der Waals surface area (Å²) in [7, 11) is 0. The van der Waals surface area contributed by atoms with Gasteiger partial charge in [0.2, 0.25) is 5.88 Å². The molecular weight excluding hydrogens is 168 g/mol. The molecule has 0 aliphatic rings.